The second-order valence-electron chi connectivity index (χ2n) is 3.61. The van der Waals surface area contributed by atoms with Gasteiger partial charge in [-0.05, 0) is 25.1 Å². The van der Waals surface area contributed by atoms with Crippen molar-refractivity contribution in [1.29, 1.82) is 0 Å². The van der Waals surface area contributed by atoms with E-state index in [-0.39, 0.29) is 5.91 Å². The third-order valence-corrected chi connectivity index (χ3v) is 2.51. The lowest BCUT2D eigenvalue weighted by Gasteiger charge is -2.24. The molecule has 0 spiro atoms. The molecule has 1 saturated carbocycles. The summed E-state index contributed by atoms with van der Waals surface area (Å²) in [6.45, 7) is 1.44. The van der Waals surface area contributed by atoms with E-state index in [9.17, 15) is 4.79 Å². The monoisotopic (exact) mass is 215 g/mol. The summed E-state index contributed by atoms with van der Waals surface area (Å²) < 4.78 is 0. The van der Waals surface area contributed by atoms with Crippen LogP contribution in [-0.4, -0.2) is 17.1 Å². The Labute approximate surface area is 89.8 Å². The Balaban J connectivity index is 2.15. The number of carbonyl (C=O) groups excluding carboxylic acids is 1. The largest absolute Gasteiger partial charge is 0.359 e. The molecule has 0 radical (unpaired) electrons. The number of carbonyl (C=O) groups is 1. The molecule has 0 atom stereocenters. The van der Waals surface area contributed by atoms with Crippen molar-refractivity contribution in [3.8, 4) is 0 Å². The molecule has 14 heavy (non-hydrogen) atoms. The van der Waals surface area contributed by atoms with Crippen LogP contribution in [0.2, 0.25) is 0 Å². The molecule has 0 aliphatic heterocycles. The molecule has 80 valence electrons. The molecule has 0 heterocycles. The lowest BCUT2D eigenvalue weighted by atomic mass is 9.96. The Hall–Kier alpha value is -0.840. The van der Waals surface area contributed by atoms with Gasteiger partial charge in [-0.3, -0.25) is 15.6 Å². The van der Waals surface area contributed by atoms with Gasteiger partial charge in [-0.15, -0.1) is 0 Å². The van der Waals surface area contributed by atoms with E-state index in [0.29, 0.717) is 11.2 Å². The summed E-state index contributed by atoms with van der Waals surface area (Å²) in [6, 6.07) is 0.470. The minimum Gasteiger partial charge on any atom is -0.359 e. The van der Waals surface area contributed by atoms with E-state index in [1.54, 1.807) is 0 Å². The minimum atomic E-state index is -0.141. The zero-order valence-corrected chi connectivity index (χ0v) is 9.25. The smallest absolute Gasteiger partial charge is 0.235 e. The van der Waals surface area contributed by atoms with Crippen LogP contribution in [0.5, 0.6) is 0 Å². The van der Waals surface area contributed by atoms with Crippen LogP contribution in [-0.2, 0) is 4.79 Å². The van der Waals surface area contributed by atoms with Crippen molar-refractivity contribution in [2.24, 2.45) is 0 Å². The number of hydrogen-bond donors (Lipinski definition) is 3. The predicted molar refractivity (Wildman–Crippen MR) is 59.6 cm³/mol. The maximum atomic E-state index is 10.6. The summed E-state index contributed by atoms with van der Waals surface area (Å²) in [5.74, 6) is -0.141. The van der Waals surface area contributed by atoms with E-state index in [4.69, 9.17) is 12.2 Å². The van der Waals surface area contributed by atoms with Crippen molar-refractivity contribution < 1.29 is 4.79 Å². The molecule has 0 aromatic heterocycles. The zero-order valence-electron chi connectivity index (χ0n) is 8.43. The summed E-state index contributed by atoms with van der Waals surface area (Å²) in [5, 5.41) is 3.69. The van der Waals surface area contributed by atoms with Crippen LogP contribution in [0.25, 0.3) is 0 Å². The van der Waals surface area contributed by atoms with Gasteiger partial charge in [-0.1, -0.05) is 19.3 Å². The van der Waals surface area contributed by atoms with Gasteiger partial charge < -0.3 is 5.32 Å². The quantitative estimate of drug-likeness (QED) is 0.448. The van der Waals surface area contributed by atoms with Gasteiger partial charge in [0.2, 0.25) is 5.91 Å². The average molecular weight is 215 g/mol. The Morgan fingerprint density at radius 3 is 2.43 bits per heavy atom. The third kappa shape index (κ3) is 4.41. The normalized spacial score (nSPS) is 17.2. The third-order valence-electron chi connectivity index (χ3n) is 2.29. The van der Waals surface area contributed by atoms with Gasteiger partial charge in [0.05, 0.1) is 0 Å². The van der Waals surface area contributed by atoms with Crippen molar-refractivity contribution in [2.45, 2.75) is 45.1 Å². The van der Waals surface area contributed by atoms with Crippen LogP contribution in [0, 0.1) is 0 Å². The number of thiocarbonyl (C=S) groups is 1. The van der Waals surface area contributed by atoms with Crippen LogP contribution < -0.4 is 16.2 Å². The molecule has 4 nitrogen and oxygen atoms in total. The summed E-state index contributed by atoms with van der Waals surface area (Å²) in [7, 11) is 0. The Morgan fingerprint density at radius 2 is 1.86 bits per heavy atom. The first-order valence-electron chi connectivity index (χ1n) is 5.01. The summed E-state index contributed by atoms with van der Waals surface area (Å²) in [5.41, 5.74) is 5.09. The van der Waals surface area contributed by atoms with E-state index in [1.807, 2.05) is 0 Å². The van der Waals surface area contributed by atoms with Gasteiger partial charge in [0.25, 0.3) is 0 Å². The molecular weight excluding hydrogens is 198 g/mol. The van der Waals surface area contributed by atoms with E-state index in [2.05, 4.69) is 16.2 Å². The lowest BCUT2D eigenvalue weighted by molar-refractivity contribution is -0.119. The molecular formula is C9H17N3OS. The Morgan fingerprint density at radius 1 is 1.21 bits per heavy atom. The molecule has 1 fully saturated rings. The molecule has 1 aliphatic rings. The van der Waals surface area contributed by atoms with E-state index >= 15 is 0 Å². The fourth-order valence-electron chi connectivity index (χ4n) is 1.61. The topological polar surface area (TPSA) is 53.2 Å². The zero-order chi connectivity index (χ0) is 10.4. The van der Waals surface area contributed by atoms with Gasteiger partial charge >= 0.3 is 0 Å². The molecule has 0 unspecified atom stereocenters. The summed E-state index contributed by atoms with van der Waals surface area (Å²) in [4.78, 5) is 10.6. The van der Waals surface area contributed by atoms with Crippen molar-refractivity contribution in [3.05, 3.63) is 0 Å². The maximum absolute atomic E-state index is 10.6. The first-order chi connectivity index (χ1) is 6.68. The second kappa shape index (κ2) is 5.80. The fourth-order valence-corrected chi connectivity index (χ4v) is 1.83. The highest BCUT2D eigenvalue weighted by Gasteiger charge is 2.13. The standard InChI is InChI=1S/C9H17N3OS/c1-7(13)11-12-9(14)10-8-5-3-2-4-6-8/h8H,2-6H2,1H3,(H,11,13)(H2,10,12,14). The van der Waals surface area contributed by atoms with Crippen LogP contribution in [0.1, 0.15) is 39.0 Å². The predicted octanol–water partition coefficient (Wildman–Crippen LogP) is 0.834. The van der Waals surface area contributed by atoms with E-state index in [0.717, 1.165) is 0 Å². The first-order valence-corrected chi connectivity index (χ1v) is 5.42. The average Bonchev–Trinajstić information content (AvgIpc) is 2.16. The van der Waals surface area contributed by atoms with Crippen LogP contribution in [0.3, 0.4) is 0 Å². The number of rotatable bonds is 1. The first kappa shape index (κ1) is 11.2. The molecule has 1 aliphatic carbocycles. The van der Waals surface area contributed by atoms with Crippen LogP contribution >= 0.6 is 12.2 Å². The number of hydrogen-bond acceptors (Lipinski definition) is 2. The lowest BCUT2D eigenvalue weighted by Crippen LogP contribution is -2.49. The molecule has 0 aromatic carbocycles. The SMILES string of the molecule is CC(=O)NNC(=S)NC1CCCCC1. The molecule has 0 aromatic rings. The Kier molecular flexibility index (Phi) is 4.65. The van der Waals surface area contributed by atoms with Gasteiger partial charge in [0.1, 0.15) is 0 Å². The van der Waals surface area contributed by atoms with Gasteiger partial charge in [0, 0.05) is 13.0 Å². The molecule has 5 heteroatoms. The van der Waals surface area contributed by atoms with Crippen molar-refractivity contribution >= 4 is 23.2 Å². The summed E-state index contributed by atoms with van der Waals surface area (Å²) >= 11 is 5.02. The summed E-state index contributed by atoms with van der Waals surface area (Å²) in [6.07, 6.45) is 6.19. The van der Waals surface area contributed by atoms with Gasteiger partial charge in [-0.2, -0.15) is 0 Å². The second-order valence-corrected chi connectivity index (χ2v) is 4.02. The fraction of sp³-hybridized carbons (Fsp3) is 0.778. The van der Waals surface area contributed by atoms with Crippen LogP contribution in [0.4, 0.5) is 0 Å². The number of amides is 1. The highest BCUT2D eigenvalue weighted by molar-refractivity contribution is 7.80. The minimum absolute atomic E-state index is 0.141. The molecule has 3 N–H and O–H groups in total. The maximum Gasteiger partial charge on any atom is 0.235 e. The van der Waals surface area contributed by atoms with E-state index in [1.165, 1.54) is 39.0 Å². The van der Waals surface area contributed by atoms with Gasteiger partial charge in [-0.25, -0.2) is 0 Å². The molecule has 1 amide bonds. The highest BCUT2D eigenvalue weighted by atomic mass is 32.1. The van der Waals surface area contributed by atoms with Crippen molar-refractivity contribution in [3.63, 3.8) is 0 Å². The molecule has 1 rings (SSSR count). The Bertz CT molecular complexity index is 214. The number of hydrazine groups is 1. The highest BCUT2D eigenvalue weighted by Crippen LogP contribution is 2.16. The molecule has 0 bridgehead atoms. The van der Waals surface area contributed by atoms with Crippen LogP contribution in [0.15, 0.2) is 0 Å². The van der Waals surface area contributed by atoms with Crippen molar-refractivity contribution in [1.82, 2.24) is 16.2 Å². The van der Waals surface area contributed by atoms with Crippen molar-refractivity contribution in [2.75, 3.05) is 0 Å². The molecule has 0 saturated heterocycles. The number of nitrogens with one attached hydrogen (secondary N) is 3. The van der Waals surface area contributed by atoms with E-state index < -0.39 is 0 Å². The van der Waals surface area contributed by atoms with Gasteiger partial charge in [0.15, 0.2) is 5.11 Å².